The SMILES string of the molecule is COc1ccc(CN(C)C(C)C(=O)NC(=O)NCc2ccccc2)cc1. The Balaban J connectivity index is 1.80. The molecule has 26 heavy (non-hydrogen) atoms. The van der Waals surface area contributed by atoms with Gasteiger partial charge in [0, 0.05) is 13.1 Å². The summed E-state index contributed by atoms with van der Waals surface area (Å²) in [5.74, 6) is 0.448. The molecule has 6 heteroatoms. The van der Waals surface area contributed by atoms with Crippen LogP contribution in [0.25, 0.3) is 0 Å². The highest BCUT2D eigenvalue weighted by atomic mass is 16.5. The van der Waals surface area contributed by atoms with Gasteiger partial charge in [0.15, 0.2) is 0 Å². The van der Waals surface area contributed by atoms with Gasteiger partial charge in [0.25, 0.3) is 0 Å². The topological polar surface area (TPSA) is 70.7 Å². The predicted molar refractivity (Wildman–Crippen MR) is 101 cm³/mol. The van der Waals surface area contributed by atoms with E-state index in [2.05, 4.69) is 10.6 Å². The number of rotatable bonds is 7. The number of hydrogen-bond acceptors (Lipinski definition) is 4. The first-order chi connectivity index (χ1) is 12.5. The fraction of sp³-hybridized carbons (Fsp3) is 0.300. The fourth-order valence-electron chi connectivity index (χ4n) is 2.39. The Hall–Kier alpha value is -2.86. The van der Waals surface area contributed by atoms with E-state index in [0.717, 1.165) is 16.9 Å². The van der Waals surface area contributed by atoms with Gasteiger partial charge in [0.2, 0.25) is 5.91 Å². The lowest BCUT2D eigenvalue weighted by molar-refractivity contribution is -0.124. The molecule has 1 atom stereocenters. The molecule has 0 aliphatic heterocycles. The molecule has 0 aliphatic carbocycles. The number of carbonyl (C=O) groups excluding carboxylic acids is 2. The van der Waals surface area contributed by atoms with Gasteiger partial charge in [-0.05, 0) is 37.2 Å². The van der Waals surface area contributed by atoms with E-state index in [0.29, 0.717) is 13.1 Å². The second kappa shape index (κ2) is 9.58. The summed E-state index contributed by atoms with van der Waals surface area (Å²) in [5, 5.41) is 5.07. The molecular formula is C20H25N3O3. The van der Waals surface area contributed by atoms with Crippen molar-refractivity contribution in [2.75, 3.05) is 14.2 Å². The van der Waals surface area contributed by atoms with Crippen molar-refractivity contribution in [1.82, 2.24) is 15.5 Å². The third-order valence-electron chi connectivity index (χ3n) is 4.16. The van der Waals surface area contributed by atoms with E-state index in [4.69, 9.17) is 4.74 Å². The Kier molecular flexibility index (Phi) is 7.17. The molecule has 0 heterocycles. The van der Waals surface area contributed by atoms with Gasteiger partial charge in [-0.2, -0.15) is 0 Å². The van der Waals surface area contributed by atoms with Gasteiger partial charge in [-0.1, -0.05) is 42.5 Å². The maximum atomic E-state index is 12.3. The zero-order valence-electron chi connectivity index (χ0n) is 15.4. The minimum absolute atomic E-state index is 0.341. The van der Waals surface area contributed by atoms with Crippen LogP contribution in [0.1, 0.15) is 18.1 Å². The summed E-state index contributed by atoms with van der Waals surface area (Å²) in [7, 11) is 3.47. The monoisotopic (exact) mass is 355 g/mol. The molecule has 0 radical (unpaired) electrons. The van der Waals surface area contributed by atoms with Crippen LogP contribution in [0.3, 0.4) is 0 Å². The van der Waals surface area contributed by atoms with Crippen molar-refractivity contribution in [2.24, 2.45) is 0 Å². The van der Waals surface area contributed by atoms with Gasteiger partial charge in [0.1, 0.15) is 5.75 Å². The van der Waals surface area contributed by atoms with E-state index in [1.165, 1.54) is 0 Å². The maximum Gasteiger partial charge on any atom is 0.321 e. The van der Waals surface area contributed by atoms with Gasteiger partial charge in [-0.25, -0.2) is 4.79 Å². The zero-order chi connectivity index (χ0) is 18.9. The lowest BCUT2D eigenvalue weighted by atomic mass is 10.2. The summed E-state index contributed by atoms with van der Waals surface area (Å²) in [4.78, 5) is 26.0. The molecule has 0 saturated carbocycles. The molecule has 0 spiro atoms. The van der Waals surface area contributed by atoms with Crippen molar-refractivity contribution < 1.29 is 14.3 Å². The number of likely N-dealkylation sites (N-methyl/N-ethyl adjacent to an activating group) is 1. The minimum Gasteiger partial charge on any atom is -0.497 e. The van der Waals surface area contributed by atoms with E-state index in [-0.39, 0.29) is 5.91 Å². The summed E-state index contributed by atoms with van der Waals surface area (Å²) in [5.41, 5.74) is 2.03. The van der Waals surface area contributed by atoms with Crippen LogP contribution in [0, 0.1) is 0 Å². The lowest BCUT2D eigenvalue weighted by Crippen LogP contribution is -2.48. The van der Waals surface area contributed by atoms with Crippen LogP contribution in [-0.4, -0.2) is 37.0 Å². The summed E-state index contributed by atoms with van der Waals surface area (Å²) in [6, 6.07) is 16.2. The smallest absolute Gasteiger partial charge is 0.321 e. The summed E-state index contributed by atoms with van der Waals surface area (Å²) in [6.45, 7) is 2.73. The van der Waals surface area contributed by atoms with Crippen LogP contribution >= 0.6 is 0 Å². The Morgan fingerprint density at radius 2 is 1.69 bits per heavy atom. The molecule has 0 fully saturated rings. The van der Waals surface area contributed by atoms with E-state index >= 15 is 0 Å². The number of benzene rings is 2. The van der Waals surface area contributed by atoms with E-state index < -0.39 is 12.1 Å². The average molecular weight is 355 g/mol. The van der Waals surface area contributed by atoms with Gasteiger partial charge >= 0.3 is 6.03 Å². The third-order valence-corrected chi connectivity index (χ3v) is 4.16. The van der Waals surface area contributed by atoms with Crippen LogP contribution < -0.4 is 15.4 Å². The molecule has 2 aromatic carbocycles. The van der Waals surface area contributed by atoms with Crippen LogP contribution in [-0.2, 0) is 17.9 Å². The normalized spacial score (nSPS) is 11.7. The largest absolute Gasteiger partial charge is 0.497 e. The van der Waals surface area contributed by atoms with Crippen molar-refractivity contribution in [3.05, 3.63) is 65.7 Å². The standard InChI is InChI=1S/C20H25N3O3/c1-15(23(2)14-17-9-11-18(26-3)12-10-17)19(24)22-20(25)21-13-16-7-5-4-6-8-16/h4-12,15H,13-14H2,1-3H3,(H2,21,22,24,25). The molecule has 0 bridgehead atoms. The average Bonchev–Trinajstić information content (AvgIpc) is 2.67. The van der Waals surface area contributed by atoms with Crippen molar-refractivity contribution >= 4 is 11.9 Å². The molecule has 2 aromatic rings. The fourth-order valence-corrected chi connectivity index (χ4v) is 2.39. The number of methoxy groups -OCH3 is 1. The quantitative estimate of drug-likeness (QED) is 0.801. The van der Waals surface area contributed by atoms with E-state index in [1.54, 1.807) is 14.0 Å². The number of carbonyl (C=O) groups is 2. The molecular weight excluding hydrogens is 330 g/mol. The predicted octanol–water partition coefficient (Wildman–Crippen LogP) is 2.54. The van der Waals surface area contributed by atoms with E-state index in [9.17, 15) is 9.59 Å². The molecule has 138 valence electrons. The van der Waals surface area contributed by atoms with Crippen molar-refractivity contribution in [3.8, 4) is 5.75 Å². The van der Waals surface area contributed by atoms with Crippen LogP contribution in [0.5, 0.6) is 5.75 Å². The van der Waals surface area contributed by atoms with Gasteiger partial charge in [-0.15, -0.1) is 0 Å². The Labute approximate surface area is 154 Å². The third kappa shape index (κ3) is 5.89. The van der Waals surface area contributed by atoms with Crippen LogP contribution in [0.2, 0.25) is 0 Å². The molecule has 3 amide bonds. The molecule has 6 nitrogen and oxygen atoms in total. The number of nitrogens with zero attached hydrogens (tertiary/aromatic N) is 1. The minimum atomic E-state index is -0.497. The highest BCUT2D eigenvalue weighted by Crippen LogP contribution is 2.13. The highest BCUT2D eigenvalue weighted by molar-refractivity contribution is 5.96. The number of amides is 3. The van der Waals surface area contributed by atoms with Gasteiger partial charge < -0.3 is 10.1 Å². The van der Waals surface area contributed by atoms with E-state index in [1.807, 2.05) is 66.5 Å². The second-order valence-electron chi connectivity index (χ2n) is 6.10. The van der Waals surface area contributed by atoms with Crippen LogP contribution in [0.15, 0.2) is 54.6 Å². The number of nitrogens with one attached hydrogen (secondary N) is 2. The van der Waals surface area contributed by atoms with Crippen molar-refractivity contribution in [3.63, 3.8) is 0 Å². The van der Waals surface area contributed by atoms with Crippen molar-refractivity contribution in [2.45, 2.75) is 26.1 Å². The van der Waals surface area contributed by atoms with Gasteiger partial charge in [-0.3, -0.25) is 15.0 Å². The lowest BCUT2D eigenvalue weighted by Gasteiger charge is -2.23. The molecule has 2 N–H and O–H groups in total. The first-order valence-corrected chi connectivity index (χ1v) is 8.45. The molecule has 0 aliphatic rings. The molecule has 0 aromatic heterocycles. The first-order valence-electron chi connectivity index (χ1n) is 8.45. The Bertz CT molecular complexity index is 717. The number of hydrogen-bond donors (Lipinski definition) is 2. The first kappa shape index (κ1) is 19.5. The Morgan fingerprint density at radius 3 is 2.31 bits per heavy atom. The molecule has 0 saturated heterocycles. The summed E-state index contributed by atoms with van der Waals surface area (Å²) >= 11 is 0. The second-order valence-corrected chi connectivity index (χ2v) is 6.10. The van der Waals surface area contributed by atoms with Gasteiger partial charge in [0.05, 0.1) is 13.2 Å². The number of urea groups is 1. The number of ether oxygens (including phenoxy) is 1. The summed E-state index contributed by atoms with van der Waals surface area (Å²) in [6.07, 6.45) is 0. The zero-order valence-corrected chi connectivity index (χ0v) is 15.4. The maximum absolute atomic E-state index is 12.3. The highest BCUT2D eigenvalue weighted by Gasteiger charge is 2.20. The van der Waals surface area contributed by atoms with Crippen LogP contribution in [0.4, 0.5) is 4.79 Å². The Morgan fingerprint density at radius 1 is 1.04 bits per heavy atom. The summed E-state index contributed by atoms with van der Waals surface area (Å²) < 4.78 is 5.14. The van der Waals surface area contributed by atoms with Crippen molar-refractivity contribution in [1.29, 1.82) is 0 Å². The molecule has 1 unspecified atom stereocenters. The number of imide groups is 1. The molecule has 2 rings (SSSR count).